The maximum Gasteiger partial charge on any atom is 0.240 e. The molecular weight excluding hydrogens is 364 g/mol. The molecule has 0 aliphatic rings. The van der Waals surface area contributed by atoms with Gasteiger partial charge in [0.15, 0.2) is 0 Å². The molecule has 0 bridgehead atoms. The van der Waals surface area contributed by atoms with Gasteiger partial charge in [-0.1, -0.05) is 13.8 Å². The highest BCUT2D eigenvalue weighted by Gasteiger charge is 2.21. The molecule has 0 aromatic heterocycles. The molecule has 0 unspecified atom stereocenters. The Morgan fingerprint density at radius 2 is 1.72 bits per heavy atom. The SMILES string of the molecule is COc1cc(C)c(S(=O)(=O)NCCN(CC(C)C)S(C)(=O)=O)cc1C. The minimum atomic E-state index is -3.74. The van der Waals surface area contributed by atoms with Crippen molar-refractivity contribution in [2.24, 2.45) is 5.92 Å². The van der Waals surface area contributed by atoms with Gasteiger partial charge in [-0.2, -0.15) is 0 Å². The van der Waals surface area contributed by atoms with Gasteiger partial charge in [0.05, 0.1) is 18.3 Å². The van der Waals surface area contributed by atoms with E-state index in [1.165, 1.54) is 11.4 Å². The van der Waals surface area contributed by atoms with E-state index < -0.39 is 20.0 Å². The number of benzene rings is 1. The van der Waals surface area contributed by atoms with Crippen molar-refractivity contribution in [1.29, 1.82) is 0 Å². The fraction of sp³-hybridized carbons (Fsp3) is 0.625. The molecule has 1 rings (SSSR count). The van der Waals surface area contributed by atoms with Gasteiger partial charge >= 0.3 is 0 Å². The Balaban J connectivity index is 2.90. The molecule has 1 aromatic rings. The lowest BCUT2D eigenvalue weighted by Gasteiger charge is -2.22. The van der Waals surface area contributed by atoms with Crippen LogP contribution in [0.15, 0.2) is 17.0 Å². The zero-order valence-corrected chi connectivity index (χ0v) is 17.3. The Morgan fingerprint density at radius 1 is 1.12 bits per heavy atom. The van der Waals surface area contributed by atoms with Gasteiger partial charge in [-0.15, -0.1) is 0 Å². The summed E-state index contributed by atoms with van der Waals surface area (Å²) in [6.07, 6.45) is 1.13. The molecule has 0 aliphatic carbocycles. The average Bonchev–Trinajstić information content (AvgIpc) is 2.46. The molecule has 9 heteroatoms. The highest BCUT2D eigenvalue weighted by atomic mass is 32.2. The maximum absolute atomic E-state index is 12.5. The summed E-state index contributed by atoms with van der Waals surface area (Å²) in [5.41, 5.74) is 1.28. The Labute approximate surface area is 151 Å². The maximum atomic E-state index is 12.5. The van der Waals surface area contributed by atoms with Crippen LogP contribution in [0.5, 0.6) is 5.75 Å². The van der Waals surface area contributed by atoms with E-state index in [0.717, 1.165) is 6.26 Å². The van der Waals surface area contributed by atoms with Crippen LogP contribution >= 0.6 is 0 Å². The van der Waals surface area contributed by atoms with Gasteiger partial charge in [0.1, 0.15) is 5.75 Å². The number of rotatable bonds is 9. The van der Waals surface area contributed by atoms with E-state index in [2.05, 4.69) is 4.72 Å². The molecule has 0 spiro atoms. The van der Waals surface area contributed by atoms with Crippen LogP contribution in [0.1, 0.15) is 25.0 Å². The molecule has 0 fully saturated rings. The van der Waals surface area contributed by atoms with E-state index in [-0.39, 0.29) is 23.9 Å². The van der Waals surface area contributed by atoms with E-state index in [4.69, 9.17) is 4.74 Å². The zero-order valence-electron chi connectivity index (χ0n) is 15.7. The summed E-state index contributed by atoms with van der Waals surface area (Å²) in [5.74, 6) is 0.773. The highest BCUT2D eigenvalue weighted by molar-refractivity contribution is 7.89. The summed E-state index contributed by atoms with van der Waals surface area (Å²) in [5, 5.41) is 0. The minimum absolute atomic E-state index is 0.00659. The zero-order chi connectivity index (χ0) is 19.4. The standard InChI is InChI=1S/C16H28N2O5S2/c1-12(2)11-18(24(6,19)20)8-7-17-25(21,22)16-10-13(3)15(23-5)9-14(16)4/h9-10,12,17H,7-8,11H2,1-6H3. The lowest BCUT2D eigenvalue weighted by molar-refractivity contribution is 0.372. The number of nitrogens with one attached hydrogen (secondary N) is 1. The summed E-state index contributed by atoms with van der Waals surface area (Å²) >= 11 is 0. The Kier molecular flexibility index (Phi) is 7.42. The predicted molar refractivity (Wildman–Crippen MR) is 98.9 cm³/mol. The van der Waals surface area contributed by atoms with E-state index in [0.29, 0.717) is 23.4 Å². The predicted octanol–water partition coefficient (Wildman–Crippen LogP) is 1.51. The van der Waals surface area contributed by atoms with Crippen molar-refractivity contribution in [3.63, 3.8) is 0 Å². The van der Waals surface area contributed by atoms with E-state index in [1.54, 1.807) is 26.0 Å². The van der Waals surface area contributed by atoms with Crippen LogP contribution in [-0.2, 0) is 20.0 Å². The van der Waals surface area contributed by atoms with Gasteiger partial charge < -0.3 is 4.74 Å². The minimum Gasteiger partial charge on any atom is -0.496 e. The second-order valence-corrected chi connectivity index (χ2v) is 10.2. The number of hydrogen-bond donors (Lipinski definition) is 1. The molecular formula is C16H28N2O5S2. The Hall–Kier alpha value is -1.16. The van der Waals surface area contributed by atoms with E-state index in [9.17, 15) is 16.8 Å². The van der Waals surface area contributed by atoms with Crippen molar-refractivity contribution in [1.82, 2.24) is 9.03 Å². The van der Waals surface area contributed by atoms with E-state index >= 15 is 0 Å². The smallest absolute Gasteiger partial charge is 0.240 e. The lowest BCUT2D eigenvalue weighted by Crippen LogP contribution is -2.40. The fourth-order valence-corrected chi connectivity index (χ4v) is 4.78. The molecule has 1 aromatic carbocycles. The summed E-state index contributed by atoms with van der Waals surface area (Å²) in [4.78, 5) is 0.167. The first-order chi connectivity index (χ1) is 11.4. The lowest BCUT2D eigenvalue weighted by atomic mass is 10.1. The molecule has 0 aliphatic heterocycles. The van der Waals surface area contributed by atoms with Crippen molar-refractivity contribution in [3.05, 3.63) is 23.3 Å². The van der Waals surface area contributed by atoms with Crippen molar-refractivity contribution in [2.75, 3.05) is 33.0 Å². The highest BCUT2D eigenvalue weighted by Crippen LogP contribution is 2.25. The largest absolute Gasteiger partial charge is 0.496 e. The monoisotopic (exact) mass is 392 g/mol. The fourth-order valence-electron chi connectivity index (χ4n) is 2.45. The number of ether oxygens (including phenoxy) is 1. The summed E-state index contributed by atoms with van der Waals surface area (Å²) in [6.45, 7) is 7.72. The van der Waals surface area contributed by atoms with Crippen LogP contribution in [0.2, 0.25) is 0 Å². The normalized spacial score (nSPS) is 12.8. The quantitative estimate of drug-likeness (QED) is 0.688. The molecule has 7 nitrogen and oxygen atoms in total. The molecule has 25 heavy (non-hydrogen) atoms. The number of nitrogens with zero attached hydrogens (tertiary/aromatic N) is 1. The summed E-state index contributed by atoms with van der Waals surface area (Å²) in [7, 11) is -5.59. The van der Waals surface area contributed by atoms with Crippen LogP contribution in [0.25, 0.3) is 0 Å². The second-order valence-electron chi connectivity index (χ2n) is 6.50. The first kappa shape index (κ1) is 21.9. The van der Waals surface area contributed by atoms with Gasteiger partial charge in [-0.25, -0.2) is 25.9 Å². The van der Waals surface area contributed by atoms with Crippen LogP contribution in [0.4, 0.5) is 0 Å². The topological polar surface area (TPSA) is 92.8 Å². The first-order valence-electron chi connectivity index (χ1n) is 7.98. The van der Waals surface area contributed by atoms with Crippen molar-refractivity contribution < 1.29 is 21.6 Å². The second kappa shape index (κ2) is 8.48. The van der Waals surface area contributed by atoms with Crippen LogP contribution in [0.3, 0.4) is 0 Å². The van der Waals surface area contributed by atoms with Crippen molar-refractivity contribution >= 4 is 20.0 Å². The molecule has 0 radical (unpaired) electrons. The number of aryl methyl sites for hydroxylation is 2. The Morgan fingerprint density at radius 3 is 2.20 bits per heavy atom. The number of sulfonamides is 2. The molecule has 144 valence electrons. The summed E-state index contributed by atoms with van der Waals surface area (Å²) < 4.78 is 57.6. The third-order valence-corrected chi connectivity index (χ3v) is 6.55. The van der Waals surface area contributed by atoms with Gasteiger partial charge in [-0.3, -0.25) is 0 Å². The first-order valence-corrected chi connectivity index (χ1v) is 11.3. The van der Waals surface area contributed by atoms with Crippen molar-refractivity contribution in [3.8, 4) is 5.75 Å². The number of hydrogen-bond acceptors (Lipinski definition) is 5. The van der Waals surface area contributed by atoms with Gasteiger partial charge in [0.25, 0.3) is 0 Å². The van der Waals surface area contributed by atoms with Gasteiger partial charge in [0.2, 0.25) is 20.0 Å². The summed E-state index contributed by atoms with van der Waals surface area (Å²) in [6, 6.07) is 3.23. The Bertz CT molecular complexity index is 802. The molecule has 1 N–H and O–H groups in total. The molecule has 0 saturated carbocycles. The third kappa shape index (κ3) is 6.25. The van der Waals surface area contributed by atoms with Gasteiger partial charge in [-0.05, 0) is 43.0 Å². The van der Waals surface area contributed by atoms with Crippen LogP contribution < -0.4 is 9.46 Å². The van der Waals surface area contributed by atoms with Crippen LogP contribution in [-0.4, -0.2) is 54.1 Å². The molecule has 0 atom stereocenters. The van der Waals surface area contributed by atoms with E-state index in [1.807, 2.05) is 13.8 Å². The molecule has 0 saturated heterocycles. The number of methoxy groups -OCH3 is 1. The third-order valence-electron chi connectivity index (χ3n) is 3.67. The van der Waals surface area contributed by atoms with Crippen LogP contribution in [0, 0.1) is 19.8 Å². The van der Waals surface area contributed by atoms with Crippen molar-refractivity contribution in [2.45, 2.75) is 32.6 Å². The molecule has 0 amide bonds. The average molecular weight is 393 g/mol. The molecule has 0 heterocycles. The van der Waals surface area contributed by atoms with Gasteiger partial charge in [0, 0.05) is 19.6 Å².